The molecule has 32 heavy (non-hydrogen) atoms. The van der Waals surface area contributed by atoms with Crippen molar-refractivity contribution in [3.8, 4) is 0 Å². The van der Waals surface area contributed by atoms with Crippen molar-refractivity contribution in [1.29, 1.82) is 0 Å². The Morgan fingerprint density at radius 2 is 1.72 bits per heavy atom. The van der Waals surface area contributed by atoms with E-state index in [1.165, 1.54) is 11.6 Å². The summed E-state index contributed by atoms with van der Waals surface area (Å²) in [5, 5.41) is 14.4. The topological polar surface area (TPSA) is 132 Å². The van der Waals surface area contributed by atoms with Crippen molar-refractivity contribution in [2.75, 3.05) is 37.6 Å². The first-order valence-electron chi connectivity index (χ1n) is 9.86. The fraction of sp³-hybridized carbons (Fsp3) is 0.421. The molecule has 0 atom stereocenters. The number of rotatable bonds is 4. The zero-order chi connectivity index (χ0) is 23.4. The van der Waals surface area contributed by atoms with Crippen LogP contribution in [-0.4, -0.2) is 66.6 Å². The molecule has 172 valence electrons. The van der Waals surface area contributed by atoms with E-state index in [2.05, 4.69) is 20.9 Å². The van der Waals surface area contributed by atoms with Gasteiger partial charge in [-0.15, -0.1) is 10.1 Å². The number of fused-ring (bicyclic) bond motifs is 1. The van der Waals surface area contributed by atoms with Gasteiger partial charge in [-0.2, -0.15) is 0 Å². The Kier molecular flexibility index (Phi) is 7.15. The average Bonchev–Trinajstić information content (AvgIpc) is 3.19. The van der Waals surface area contributed by atoms with Crippen LogP contribution in [0.15, 0.2) is 40.2 Å². The lowest BCUT2D eigenvalue weighted by Gasteiger charge is -2.36. The molecule has 1 fully saturated rings. The van der Waals surface area contributed by atoms with Gasteiger partial charge in [0, 0.05) is 53.4 Å². The van der Waals surface area contributed by atoms with Crippen LogP contribution in [0.5, 0.6) is 0 Å². The molecule has 1 aliphatic rings. The van der Waals surface area contributed by atoms with Gasteiger partial charge in [-0.3, -0.25) is 18.8 Å². The highest BCUT2D eigenvalue weighted by atomic mass is 35.5. The molecule has 1 saturated heterocycles. The first-order chi connectivity index (χ1) is 15.2. The molecule has 0 unspecified atom stereocenters. The molecule has 0 saturated carbocycles. The maximum atomic E-state index is 12.5. The minimum atomic E-state index is -1.50. The van der Waals surface area contributed by atoms with E-state index in [0.717, 1.165) is 48.0 Å². The number of hydrogen-bond acceptors (Lipinski definition) is 7. The number of halogens is 1. The van der Waals surface area contributed by atoms with Crippen LogP contribution < -0.4 is 16.1 Å². The second-order valence-electron chi connectivity index (χ2n) is 7.33. The third-order valence-electron chi connectivity index (χ3n) is 5.44. The van der Waals surface area contributed by atoms with Gasteiger partial charge in [-0.1, -0.05) is 23.7 Å². The van der Waals surface area contributed by atoms with Crippen LogP contribution in [-0.2, 0) is 20.6 Å². The van der Waals surface area contributed by atoms with Crippen molar-refractivity contribution in [2.24, 2.45) is 14.1 Å². The van der Waals surface area contributed by atoms with Crippen molar-refractivity contribution in [3.63, 3.8) is 0 Å². The van der Waals surface area contributed by atoms with Crippen LogP contribution in [0.4, 0.5) is 5.69 Å². The molecule has 0 radical (unpaired) electrons. The van der Waals surface area contributed by atoms with Crippen LogP contribution in [0.2, 0.25) is 5.02 Å². The Bertz CT molecular complexity index is 1220. The maximum absolute atomic E-state index is 12.5. The Morgan fingerprint density at radius 3 is 2.34 bits per heavy atom. The molecule has 12 nitrogen and oxygen atoms in total. The van der Waals surface area contributed by atoms with E-state index in [1.807, 2.05) is 22.8 Å². The molecule has 2 aromatic heterocycles. The Hall–Kier alpha value is -3.38. The lowest BCUT2D eigenvalue weighted by molar-refractivity contribution is -0.742. The quantitative estimate of drug-likeness (QED) is 0.436. The van der Waals surface area contributed by atoms with Crippen molar-refractivity contribution in [3.05, 3.63) is 66.6 Å². The van der Waals surface area contributed by atoms with E-state index in [-0.39, 0.29) is 11.2 Å². The van der Waals surface area contributed by atoms with Gasteiger partial charge in [-0.25, -0.2) is 9.78 Å². The van der Waals surface area contributed by atoms with Crippen molar-refractivity contribution < 1.29 is 10.3 Å². The first kappa shape index (κ1) is 23.3. The molecule has 4 rings (SSSR count). The van der Waals surface area contributed by atoms with E-state index >= 15 is 0 Å². The molecule has 0 aliphatic carbocycles. The molecule has 0 amide bonds. The van der Waals surface area contributed by atoms with Crippen molar-refractivity contribution >= 4 is 28.5 Å². The van der Waals surface area contributed by atoms with E-state index in [1.54, 1.807) is 13.4 Å². The normalized spacial score (nSPS) is 14.3. The summed E-state index contributed by atoms with van der Waals surface area (Å²) in [5.74, 6) is 0. The van der Waals surface area contributed by atoms with Crippen LogP contribution in [0.1, 0.15) is 0 Å². The fourth-order valence-corrected chi connectivity index (χ4v) is 3.99. The summed E-state index contributed by atoms with van der Waals surface area (Å²) < 4.78 is 4.38. The smallest absolute Gasteiger partial charge is 0.332 e. The van der Waals surface area contributed by atoms with Gasteiger partial charge in [-0.05, 0) is 12.1 Å². The third-order valence-corrected chi connectivity index (χ3v) is 5.76. The number of aromatic nitrogens is 4. The summed E-state index contributed by atoms with van der Waals surface area (Å²) >= 11 is 6.31. The molecule has 0 bridgehead atoms. The molecule has 13 heteroatoms. The fourth-order valence-electron chi connectivity index (χ4n) is 3.74. The number of hydrogen-bond donors (Lipinski definition) is 1. The molecular formula is C19H24ClN7O5. The Balaban J connectivity index is 0.000000668. The number of nitrogens with zero attached hydrogens (tertiary/aromatic N) is 7. The van der Waals surface area contributed by atoms with Gasteiger partial charge in [0.1, 0.15) is 0 Å². The van der Waals surface area contributed by atoms with Gasteiger partial charge in [0.05, 0.1) is 17.0 Å². The van der Waals surface area contributed by atoms with Crippen LogP contribution in [0.25, 0.3) is 11.2 Å². The third kappa shape index (κ3) is 4.92. The molecule has 1 aliphatic heterocycles. The summed E-state index contributed by atoms with van der Waals surface area (Å²) in [6, 6.07) is 7.92. The second-order valence-corrected chi connectivity index (χ2v) is 7.74. The standard InChI is InChI=1S/C19H23ClN6O2.HNO3/c1-22-17-16(18(27)23(2)19(22)28)26(13-21-17)12-9-24-7-10-25(11-8-24)15-6-4-3-5-14(15)20;2-1(3)4/h3-6,13H,7-12H2,1-2H3;(H,2,3,4). The molecule has 0 spiro atoms. The first-order valence-corrected chi connectivity index (χ1v) is 10.2. The predicted octanol–water partition coefficient (Wildman–Crippen LogP) is 0.562. The monoisotopic (exact) mass is 465 g/mol. The van der Waals surface area contributed by atoms with E-state index < -0.39 is 5.09 Å². The van der Waals surface area contributed by atoms with Gasteiger partial charge in [0.15, 0.2) is 11.2 Å². The molecule has 3 heterocycles. The summed E-state index contributed by atoms with van der Waals surface area (Å²) in [5.41, 5.74) is 1.31. The number of anilines is 1. The lowest BCUT2D eigenvalue weighted by Crippen LogP contribution is -2.47. The highest BCUT2D eigenvalue weighted by Crippen LogP contribution is 2.26. The zero-order valence-corrected chi connectivity index (χ0v) is 18.5. The highest BCUT2D eigenvalue weighted by molar-refractivity contribution is 6.33. The summed E-state index contributed by atoms with van der Waals surface area (Å²) in [4.78, 5) is 41.9. The second kappa shape index (κ2) is 9.83. The van der Waals surface area contributed by atoms with Crippen molar-refractivity contribution in [1.82, 2.24) is 23.6 Å². The zero-order valence-electron chi connectivity index (χ0n) is 17.7. The maximum Gasteiger partial charge on any atom is 0.332 e. The molecular weight excluding hydrogens is 442 g/mol. The summed E-state index contributed by atoms with van der Waals surface area (Å²) in [6.07, 6.45) is 1.64. The minimum absolute atomic E-state index is 0.306. The Morgan fingerprint density at radius 1 is 1.09 bits per heavy atom. The van der Waals surface area contributed by atoms with Crippen molar-refractivity contribution in [2.45, 2.75) is 6.54 Å². The van der Waals surface area contributed by atoms with E-state index in [4.69, 9.17) is 26.9 Å². The van der Waals surface area contributed by atoms with Gasteiger partial charge < -0.3 is 14.7 Å². The largest absolute Gasteiger partial charge is 0.368 e. The average molecular weight is 466 g/mol. The number of benzene rings is 1. The summed E-state index contributed by atoms with van der Waals surface area (Å²) in [6.45, 7) is 5.13. The number of para-hydroxylation sites is 1. The Labute approximate surface area is 187 Å². The summed E-state index contributed by atoms with van der Waals surface area (Å²) in [7, 11) is 3.13. The highest BCUT2D eigenvalue weighted by Gasteiger charge is 2.19. The van der Waals surface area contributed by atoms with Crippen LogP contribution >= 0.6 is 11.6 Å². The predicted molar refractivity (Wildman–Crippen MR) is 119 cm³/mol. The van der Waals surface area contributed by atoms with Gasteiger partial charge in [0.25, 0.3) is 10.6 Å². The number of piperazine rings is 1. The van der Waals surface area contributed by atoms with E-state index in [0.29, 0.717) is 17.7 Å². The SMILES string of the molecule is Cn1c(=O)c2c(ncn2CCN2CCN(c3ccccc3Cl)CC2)n(C)c1=O.O=[N+]([O-])O. The molecule has 1 N–H and O–H groups in total. The number of imidazole rings is 1. The molecule has 1 aromatic carbocycles. The van der Waals surface area contributed by atoms with Gasteiger partial charge >= 0.3 is 5.69 Å². The number of aryl methyl sites for hydroxylation is 1. The lowest BCUT2D eigenvalue weighted by atomic mass is 10.2. The van der Waals surface area contributed by atoms with Crippen LogP contribution in [0.3, 0.4) is 0 Å². The van der Waals surface area contributed by atoms with E-state index in [9.17, 15) is 9.59 Å². The molecule has 3 aromatic rings. The van der Waals surface area contributed by atoms with Crippen LogP contribution in [0, 0.1) is 10.1 Å². The van der Waals surface area contributed by atoms with Gasteiger partial charge in [0.2, 0.25) is 0 Å². The minimum Gasteiger partial charge on any atom is -0.368 e.